The minimum absolute atomic E-state index is 0.215. The monoisotopic (exact) mass is 267 g/mol. The Kier molecular flexibility index (Phi) is 4.37. The van der Waals surface area contributed by atoms with Crippen LogP contribution in [0.4, 0.5) is 5.69 Å². The van der Waals surface area contributed by atoms with Gasteiger partial charge in [0.05, 0.1) is 23.8 Å². The van der Waals surface area contributed by atoms with Crippen LogP contribution in [0.5, 0.6) is 5.75 Å². The molecule has 0 fully saturated rings. The van der Waals surface area contributed by atoms with Crippen molar-refractivity contribution in [3.05, 3.63) is 23.8 Å². The maximum absolute atomic E-state index is 11.8. The predicted molar refractivity (Wildman–Crippen MR) is 69.1 cm³/mol. The molecule has 3 N–H and O–H groups in total. The Labute approximate surface area is 111 Å². The molecule has 1 rings (SSSR count). The fraction of sp³-hybridized carbons (Fsp3) is 0.385. The molecule has 19 heavy (non-hydrogen) atoms. The Morgan fingerprint density at radius 2 is 2.00 bits per heavy atom. The highest BCUT2D eigenvalue weighted by atomic mass is 16.5. The summed E-state index contributed by atoms with van der Waals surface area (Å²) in [6.07, 6.45) is 0. The quantitative estimate of drug-likeness (QED) is 0.620. The molecule has 0 bridgehead atoms. The number of carboxylic acids is 1. The SMILES string of the molecule is COc1ccc(C(=O)OCC(C)(C)C(=O)O)cc1N. The van der Waals surface area contributed by atoms with Gasteiger partial charge in [0, 0.05) is 0 Å². The van der Waals surface area contributed by atoms with Gasteiger partial charge in [-0.2, -0.15) is 0 Å². The molecular weight excluding hydrogens is 250 g/mol. The topological polar surface area (TPSA) is 98.8 Å². The van der Waals surface area contributed by atoms with Gasteiger partial charge in [-0.15, -0.1) is 0 Å². The van der Waals surface area contributed by atoms with Crippen LogP contribution in [-0.4, -0.2) is 30.8 Å². The molecule has 6 nitrogen and oxygen atoms in total. The number of carbonyl (C=O) groups is 2. The molecule has 0 aliphatic heterocycles. The molecule has 0 spiro atoms. The second-order valence-electron chi connectivity index (χ2n) is 4.72. The lowest BCUT2D eigenvalue weighted by molar-refractivity contribution is -0.149. The number of hydrogen-bond acceptors (Lipinski definition) is 5. The first-order chi connectivity index (χ1) is 8.77. The highest BCUT2D eigenvalue weighted by Crippen LogP contribution is 2.23. The molecule has 0 radical (unpaired) electrons. The summed E-state index contributed by atoms with van der Waals surface area (Å²) in [5, 5.41) is 8.91. The van der Waals surface area contributed by atoms with E-state index >= 15 is 0 Å². The lowest BCUT2D eigenvalue weighted by Gasteiger charge is -2.18. The van der Waals surface area contributed by atoms with Crippen LogP contribution >= 0.6 is 0 Å². The average Bonchev–Trinajstić information content (AvgIpc) is 2.35. The minimum atomic E-state index is -1.13. The molecule has 0 aliphatic carbocycles. The Morgan fingerprint density at radius 3 is 2.47 bits per heavy atom. The molecule has 104 valence electrons. The van der Waals surface area contributed by atoms with E-state index in [1.807, 2.05) is 0 Å². The van der Waals surface area contributed by atoms with Gasteiger partial charge in [-0.25, -0.2) is 4.79 Å². The maximum Gasteiger partial charge on any atom is 0.338 e. The van der Waals surface area contributed by atoms with Crippen molar-refractivity contribution in [3.8, 4) is 5.75 Å². The minimum Gasteiger partial charge on any atom is -0.495 e. The van der Waals surface area contributed by atoms with Crippen LogP contribution in [0.2, 0.25) is 0 Å². The first kappa shape index (κ1) is 14.8. The number of methoxy groups -OCH3 is 1. The second kappa shape index (κ2) is 5.60. The summed E-state index contributed by atoms with van der Waals surface area (Å²) in [4.78, 5) is 22.6. The van der Waals surface area contributed by atoms with Gasteiger partial charge in [-0.05, 0) is 32.0 Å². The summed E-state index contributed by atoms with van der Waals surface area (Å²) in [5.74, 6) is -1.19. The molecule has 0 aromatic heterocycles. The van der Waals surface area contributed by atoms with Crippen molar-refractivity contribution in [2.45, 2.75) is 13.8 Å². The Bertz CT molecular complexity index is 496. The van der Waals surface area contributed by atoms with Gasteiger partial charge in [0.15, 0.2) is 0 Å². The molecule has 1 aromatic rings. The van der Waals surface area contributed by atoms with Crippen LogP contribution < -0.4 is 10.5 Å². The molecule has 6 heteroatoms. The third-order valence-electron chi connectivity index (χ3n) is 2.61. The zero-order valence-electron chi connectivity index (χ0n) is 11.1. The fourth-order valence-electron chi connectivity index (χ4n) is 1.25. The number of esters is 1. The van der Waals surface area contributed by atoms with E-state index in [1.54, 1.807) is 6.07 Å². The smallest absolute Gasteiger partial charge is 0.338 e. The molecule has 0 aliphatic rings. The standard InChI is InChI=1S/C13H17NO5/c1-13(2,12(16)17)7-19-11(15)8-4-5-10(18-3)9(14)6-8/h4-6H,7,14H2,1-3H3,(H,16,17). The number of carbonyl (C=O) groups excluding carboxylic acids is 1. The highest BCUT2D eigenvalue weighted by molar-refractivity contribution is 5.91. The van der Waals surface area contributed by atoms with Crippen molar-refractivity contribution in [1.82, 2.24) is 0 Å². The number of nitrogen functional groups attached to an aromatic ring is 1. The Hall–Kier alpha value is -2.24. The molecule has 0 saturated heterocycles. The van der Waals surface area contributed by atoms with Gasteiger partial charge >= 0.3 is 11.9 Å². The first-order valence-electron chi connectivity index (χ1n) is 5.62. The lowest BCUT2D eigenvalue weighted by Crippen LogP contribution is -2.30. The van der Waals surface area contributed by atoms with Crippen LogP contribution in [0.1, 0.15) is 24.2 Å². The summed E-state index contributed by atoms with van der Waals surface area (Å²) in [5.41, 5.74) is 5.11. The fourth-order valence-corrected chi connectivity index (χ4v) is 1.25. The Morgan fingerprint density at radius 1 is 1.37 bits per heavy atom. The van der Waals surface area contributed by atoms with Crippen LogP contribution in [0, 0.1) is 5.41 Å². The molecule has 0 amide bonds. The van der Waals surface area contributed by atoms with Gasteiger partial charge in [0.1, 0.15) is 12.4 Å². The first-order valence-corrected chi connectivity index (χ1v) is 5.62. The van der Waals surface area contributed by atoms with Gasteiger partial charge in [0.2, 0.25) is 0 Å². The number of rotatable bonds is 5. The second-order valence-corrected chi connectivity index (χ2v) is 4.72. The molecule has 1 aromatic carbocycles. The van der Waals surface area contributed by atoms with E-state index in [4.69, 9.17) is 20.3 Å². The number of aliphatic carboxylic acids is 1. The number of ether oxygens (including phenoxy) is 2. The highest BCUT2D eigenvalue weighted by Gasteiger charge is 2.29. The van der Waals surface area contributed by atoms with Gasteiger partial charge in [0.25, 0.3) is 0 Å². The summed E-state index contributed by atoms with van der Waals surface area (Å²) >= 11 is 0. The molecule has 0 heterocycles. The third kappa shape index (κ3) is 3.61. The van der Waals surface area contributed by atoms with Crippen molar-refractivity contribution < 1.29 is 24.2 Å². The molecule has 0 unspecified atom stereocenters. The van der Waals surface area contributed by atoms with Gasteiger partial charge in [-0.3, -0.25) is 4.79 Å². The zero-order valence-corrected chi connectivity index (χ0v) is 11.1. The predicted octanol–water partition coefficient (Wildman–Crippen LogP) is 1.54. The number of hydrogen-bond donors (Lipinski definition) is 2. The number of nitrogens with two attached hydrogens (primary N) is 1. The van der Waals surface area contributed by atoms with Crippen molar-refractivity contribution in [1.29, 1.82) is 0 Å². The van der Waals surface area contributed by atoms with E-state index in [0.29, 0.717) is 11.4 Å². The van der Waals surface area contributed by atoms with E-state index in [1.165, 1.54) is 33.1 Å². The van der Waals surface area contributed by atoms with Crippen molar-refractivity contribution in [3.63, 3.8) is 0 Å². The third-order valence-corrected chi connectivity index (χ3v) is 2.61. The van der Waals surface area contributed by atoms with E-state index in [0.717, 1.165) is 0 Å². The van der Waals surface area contributed by atoms with Crippen LogP contribution in [0.3, 0.4) is 0 Å². The lowest BCUT2D eigenvalue weighted by atomic mass is 9.95. The average molecular weight is 267 g/mol. The van der Waals surface area contributed by atoms with Crippen LogP contribution in [-0.2, 0) is 9.53 Å². The Balaban J connectivity index is 2.74. The van der Waals surface area contributed by atoms with Gasteiger partial charge in [-0.1, -0.05) is 0 Å². The molecule has 0 atom stereocenters. The van der Waals surface area contributed by atoms with E-state index in [-0.39, 0.29) is 12.2 Å². The van der Waals surface area contributed by atoms with E-state index in [9.17, 15) is 9.59 Å². The summed E-state index contributed by atoms with van der Waals surface area (Å²) in [6, 6.07) is 4.48. The zero-order chi connectivity index (χ0) is 14.6. The van der Waals surface area contributed by atoms with Crippen LogP contribution in [0.25, 0.3) is 0 Å². The van der Waals surface area contributed by atoms with Crippen molar-refractivity contribution in [2.75, 3.05) is 19.5 Å². The number of benzene rings is 1. The number of carboxylic acid groups (broad SMARTS) is 1. The van der Waals surface area contributed by atoms with Crippen molar-refractivity contribution >= 4 is 17.6 Å². The van der Waals surface area contributed by atoms with E-state index in [2.05, 4.69) is 0 Å². The summed E-state index contributed by atoms with van der Waals surface area (Å²) < 4.78 is 9.94. The number of anilines is 1. The van der Waals surface area contributed by atoms with Gasteiger partial charge < -0.3 is 20.3 Å². The largest absolute Gasteiger partial charge is 0.495 e. The maximum atomic E-state index is 11.8. The van der Waals surface area contributed by atoms with Crippen molar-refractivity contribution in [2.24, 2.45) is 5.41 Å². The normalized spacial score (nSPS) is 10.9. The molecular formula is C13H17NO5. The summed E-state index contributed by atoms with van der Waals surface area (Å²) in [6.45, 7) is 2.74. The van der Waals surface area contributed by atoms with Crippen LogP contribution in [0.15, 0.2) is 18.2 Å². The van der Waals surface area contributed by atoms with E-state index < -0.39 is 17.4 Å². The molecule has 0 saturated carbocycles. The summed E-state index contributed by atoms with van der Waals surface area (Å²) in [7, 11) is 1.47.